The number of carbonyl (C=O) groups is 4. The van der Waals surface area contributed by atoms with Gasteiger partial charge in [0.25, 0.3) is 11.9 Å². The van der Waals surface area contributed by atoms with Crippen molar-refractivity contribution in [1.29, 1.82) is 0 Å². The zero-order valence-electron chi connectivity index (χ0n) is 24.6. The van der Waals surface area contributed by atoms with Crippen molar-refractivity contribution in [3.8, 4) is 5.75 Å². The predicted octanol–water partition coefficient (Wildman–Crippen LogP) is 0.953. The Morgan fingerprint density at radius 3 is 2.36 bits per heavy atom. The van der Waals surface area contributed by atoms with Gasteiger partial charge in [0.05, 0.1) is 24.1 Å². The first-order chi connectivity index (χ1) is 20.6. The lowest BCUT2D eigenvalue weighted by atomic mass is 9.89. The Labute approximate surface area is 250 Å². The molecule has 12 nitrogen and oxygen atoms in total. The number of hydrogen-bond acceptors (Lipinski definition) is 8. The molecule has 7 atom stereocenters. The Morgan fingerprint density at radius 1 is 1.09 bits per heavy atom. The van der Waals surface area contributed by atoms with Crippen LogP contribution in [0, 0.1) is 35.4 Å². The van der Waals surface area contributed by atoms with E-state index in [4.69, 9.17) is 0 Å². The molecule has 240 valence electrons. The molecular formula is C28H34F4N6O6. The second-order valence-corrected chi connectivity index (χ2v) is 10.8. The lowest BCUT2D eigenvalue weighted by Gasteiger charge is -2.38. The number of nitrogens with zero attached hydrogens (tertiary/aromatic N) is 3. The van der Waals surface area contributed by atoms with Crippen molar-refractivity contribution in [3.63, 3.8) is 0 Å². The lowest BCUT2D eigenvalue weighted by molar-refractivity contribution is -0.148. The van der Waals surface area contributed by atoms with Gasteiger partial charge in [-0.1, -0.05) is 27.2 Å². The van der Waals surface area contributed by atoms with E-state index < -0.39 is 113 Å². The number of halogens is 4. The maximum absolute atomic E-state index is 14.6. The van der Waals surface area contributed by atoms with Gasteiger partial charge in [0.15, 0.2) is 11.5 Å². The van der Waals surface area contributed by atoms with Crippen LogP contribution in [0.3, 0.4) is 0 Å². The van der Waals surface area contributed by atoms with Crippen LogP contribution in [0.2, 0.25) is 0 Å². The Bertz CT molecular complexity index is 1430. The summed E-state index contributed by atoms with van der Waals surface area (Å²) in [7, 11) is 1.33. The number of amides is 4. The number of aromatic hydroxyl groups is 1. The van der Waals surface area contributed by atoms with Crippen molar-refractivity contribution in [1.82, 2.24) is 30.8 Å². The van der Waals surface area contributed by atoms with E-state index in [0.29, 0.717) is 6.42 Å². The number of nitrogens with one attached hydrogen (secondary N) is 3. The first kappa shape index (κ1) is 34.2. The highest BCUT2D eigenvalue weighted by Crippen LogP contribution is 2.24. The topological polar surface area (TPSA) is 174 Å². The van der Waals surface area contributed by atoms with Gasteiger partial charge in [0.2, 0.25) is 29.5 Å². The lowest BCUT2D eigenvalue weighted by Crippen LogP contribution is -2.64. The minimum absolute atomic E-state index is 0.428. The molecular weight excluding hydrogens is 592 g/mol. The van der Waals surface area contributed by atoms with Gasteiger partial charge < -0.3 is 31.1 Å². The number of aromatic nitrogens is 2. The fourth-order valence-corrected chi connectivity index (χ4v) is 5.02. The first-order valence-electron chi connectivity index (χ1n) is 13.8. The second kappa shape index (κ2) is 14.0. The summed E-state index contributed by atoms with van der Waals surface area (Å²) >= 11 is 0. The third kappa shape index (κ3) is 7.06. The Balaban J connectivity index is 2.12. The molecule has 0 aliphatic carbocycles. The summed E-state index contributed by atoms with van der Waals surface area (Å²) in [5.41, 5.74) is -1.58. The van der Waals surface area contributed by atoms with Gasteiger partial charge in [-0.3, -0.25) is 19.2 Å². The molecule has 44 heavy (non-hydrogen) atoms. The summed E-state index contributed by atoms with van der Waals surface area (Å²) in [4.78, 5) is 61.2. The SMILES string of the molecule is CCC(C)C1C(=O)N[C@H](C)[C@H](NC(=O)c2ncccc2O)C(=O)N[C@@H](Cc2c(F)nc(F)c(F)c2F)[C@@H](O)[C@@H](C)C(=O)N1C. The molecule has 0 aromatic carbocycles. The Morgan fingerprint density at radius 2 is 1.75 bits per heavy atom. The molecule has 0 bridgehead atoms. The minimum Gasteiger partial charge on any atom is -0.505 e. The molecule has 1 aliphatic rings. The Hall–Kier alpha value is -4.34. The molecule has 4 amide bonds. The molecule has 16 heteroatoms. The third-order valence-electron chi connectivity index (χ3n) is 7.81. The fourth-order valence-electron chi connectivity index (χ4n) is 5.02. The van der Waals surface area contributed by atoms with Gasteiger partial charge >= 0.3 is 0 Å². The predicted molar refractivity (Wildman–Crippen MR) is 146 cm³/mol. The maximum Gasteiger partial charge on any atom is 0.274 e. The van der Waals surface area contributed by atoms with Gasteiger partial charge in [-0.25, -0.2) is 9.37 Å². The first-order valence-corrected chi connectivity index (χ1v) is 13.8. The van der Waals surface area contributed by atoms with E-state index in [1.54, 1.807) is 13.8 Å². The molecule has 1 fully saturated rings. The van der Waals surface area contributed by atoms with Crippen LogP contribution >= 0.6 is 0 Å². The molecule has 2 aromatic rings. The van der Waals surface area contributed by atoms with Crippen LogP contribution in [0.5, 0.6) is 5.75 Å². The summed E-state index contributed by atoms with van der Waals surface area (Å²) in [6.07, 6.45) is -1.25. The number of rotatable bonds is 6. The average Bonchev–Trinajstić information content (AvgIpc) is 2.98. The third-order valence-corrected chi connectivity index (χ3v) is 7.81. The van der Waals surface area contributed by atoms with Crippen molar-refractivity contribution in [2.45, 2.75) is 70.8 Å². The van der Waals surface area contributed by atoms with Crippen LogP contribution in [0.25, 0.3) is 0 Å². The van der Waals surface area contributed by atoms with Crippen molar-refractivity contribution < 1.29 is 47.0 Å². The molecule has 5 N–H and O–H groups in total. The zero-order valence-corrected chi connectivity index (χ0v) is 24.6. The highest BCUT2D eigenvalue weighted by molar-refractivity contribution is 5.98. The highest BCUT2D eigenvalue weighted by Gasteiger charge is 2.42. The number of carbonyl (C=O) groups excluding carboxylic acids is 4. The molecule has 3 heterocycles. The van der Waals surface area contributed by atoms with Crippen LogP contribution < -0.4 is 16.0 Å². The van der Waals surface area contributed by atoms with Crippen LogP contribution in [0.4, 0.5) is 17.6 Å². The van der Waals surface area contributed by atoms with E-state index in [2.05, 4.69) is 25.9 Å². The molecule has 3 rings (SSSR count). The number of hydrogen-bond donors (Lipinski definition) is 5. The zero-order chi connectivity index (χ0) is 33.0. The van der Waals surface area contributed by atoms with E-state index in [9.17, 15) is 47.0 Å². The largest absolute Gasteiger partial charge is 0.505 e. The van der Waals surface area contributed by atoms with Gasteiger partial charge in [-0.2, -0.15) is 18.2 Å². The summed E-state index contributed by atoms with van der Waals surface area (Å²) in [5.74, 6) is -13.8. The molecule has 0 saturated carbocycles. The van der Waals surface area contributed by atoms with E-state index in [0.717, 1.165) is 4.90 Å². The van der Waals surface area contributed by atoms with Crippen molar-refractivity contribution in [3.05, 3.63) is 53.1 Å². The summed E-state index contributed by atoms with van der Waals surface area (Å²) in [6.45, 7) is 6.08. The average molecular weight is 627 g/mol. The van der Waals surface area contributed by atoms with Crippen LogP contribution in [-0.4, -0.2) is 86.0 Å². The van der Waals surface area contributed by atoms with E-state index in [-0.39, 0.29) is 0 Å². The van der Waals surface area contributed by atoms with Gasteiger partial charge in [-0.15, -0.1) is 0 Å². The van der Waals surface area contributed by atoms with Gasteiger partial charge in [-0.05, 0) is 25.0 Å². The number of aliphatic hydroxyl groups excluding tert-OH is 1. The summed E-state index contributed by atoms with van der Waals surface area (Å²) in [5, 5.41) is 28.6. The molecule has 0 spiro atoms. The summed E-state index contributed by atoms with van der Waals surface area (Å²) in [6, 6.07) is -3.16. The quantitative estimate of drug-likeness (QED) is 0.233. The van der Waals surface area contributed by atoms with Gasteiger partial charge in [0.1, 0.15) is 17.8 Å². The number of pyridine rings is 2. The fraction of sp³-hybridized carbons (Fsp3) is 0.500. The Kier molecular flexibility index (Phi) is 10.8. The summed E-state index contributed by atoms with van der Waals surface area (Å²) < 4.78 is 56.7. The van der Waals surface area contributed by atoms with E-state index in [1.807, 2.05) is 0 Å². The van der Waals surface area contributed by atoms with Gasteiger partial charge in [0, 0.05) is 25.2 Å². The van der Waals surface area contributed by atoms with Crippen molar-refractivity contribution in [2.24, 2.45) is 11.8 Å². The smallest absolute Gasteiger partial charge is 0.274 e. The minimum atomic E-state index is -2.09. The van der Waals surface area contributed by atoms with E-state index in [1.165, 1.54) is 39.2 Å². The molecule has 2 unspecified atom stereocenters. The molecule has 2 aromatic heterocycles. The second-order valence-electron chi connectivity index (χ2n) is 10.8. The van der Waals surface area contributed by atoms with Crippen LogP contribution in [-0.2, 0) is 20.8 Å². The number of likely N-dealkylation sites (N-methyl/N-ethyl adjacent to an activating group) is 1. The monoisotopic (exact) mass is 626 g/mol. The van der Waals surface area contributed by atoms with Crippen molar-refractivity contribution >= 4 is 23.6 Å². The highest BCUT2D eigenvalue weighted by atomic mass is 19.2. The van der Waals surface area contributed by atoms with Crippen LogP contribution in [0.15, 0.2) is 18.3 Å². The van der Waals surface area contributed by atoms with Crippen LogP contribution in [0.1, 0.15) is 50.2 Å². The molecule has 1 aliphatic heterocycles. The number of aliphatic hydroxyl groups is 1. The normalized spacial score (nSPS) is 25.8. The molecule has 1 saturated heterocycles. The maximum atomic E-state index is 14.6. The van der Waals surface area contributed by atoms with Crippen molar-refractivity contribution in [2.75, 3.05) is 7.05 Å². The van der Waals surface area contributed by atoms with E-state index >= 15 is 0 Å². The molecule has 0 radical (unpaired) electrons. The standard InChI is InChI=1S/C28H34F4N6O6/c1-6-11(2)21-27(43)34-13(4)19(36-26(42)20-16(39)8-7-9-33-20)25(41)35-15(22(40)12(3)28(44)38(21)5)10-14-17(29)18(30)24(32)37-23(14)31/h7-9,11-13,15,19,21-22,39-40H,6,10H2,1-5H3,(H,34,43)(H,35,41)(H,36,42)/t11?,12-,13-,15+,19+,21?,22+/m1/s1.